The molecular formula is C14H21BrN2. The van der Waals surface area contributed by atoms with Gasteiger partial charge in [-0.05, 0) is 59.2 Å². The second-order valence-corrected chi connectivity index (χ2v) is 6.11. The molecule has 17 heavy (non-hydrogen) atoms. The van der Waals surface area contributed by atoms with E-state index >= 15 is 0 Å². The summed E-state index contributed by atoms with van der Waals surface area (Å²) in [5, 5.41) is 3.52. The zero-order chi connectivity index (χ0) is 12.3. The van der Waals surface area contributed by atoms with Crippen LogP contribution in [0, 0.1) is 12.3 Å². The molecule has 94 valence electrons. The van der Waals surface area contributed by atoms with E-state index in [9.17, 15) is 0 Å². The molecule has 0 aromatic carbocycles. The molecular weight excluding hydrogens is 276 g/mol. The highest BCUT2D eigenvalue weighted by atomic mass is 79.9. The summed E-state index contributed by atoms with van der Waals surface area (Å²) in [7, 11) is 0. The first kappa shape index (κ1) is 12.9. The van der Waals surface area contributed by atoms with Crippen LogP contribution in [0.3, 0.4) is 0 Å². The van der Waals surface area contributed by atoms with Gasteiger partial charge in [0.15, 0.2) is 0 Å². The van der Waals surface area contributed by atoms with E-state index in [0.29, 0.717) is 5.41 Å². The lowest BCUT2D eigenvalue weighted by Gasteiger charge is -2.28. The van der Waals surface area contributed by atoms with Crippen LogP contribution in [0.2, 0.25) is 0 Å². The second kappa shape index (κ2) is 5.38. The molecule has 2 rings (SSSR count). The fourth-order valence-corrected chi connectivity index (χ4v) is 3.32. The first-order chi connectivity index (χ1) is 8.15. The van der Waals surface area contributed by atoms with Gasteiger partial charge in [0.25, 0.3) is 0 Å². The highest BCUT2D eigenvalue weighted by molar-refractivity contribution is 9.10. The number of nitrogens with zero attached hydrogens (tertiary/aromatic N) is 1. The molecule has 1 aromatic rings. The monoisotopic (exact) mass is 296 g/mol. The van der Waals surface area contributed by atoms with Gasteiger partial charge in [0.1, 0.15) is 5.82 Å². The van der Waals surface area contributed by atoms with Gasteiger partial charge >= 0.3 is 0 Å². The Labute approximate surface area is 112 Å². The summed E-state index contributed by atoms with van der Waals surface area (Å²) in [6.45, 7) is 5.43. The largest absolute Gasteiger partial charge is 0.369 e. The molecule has 0 atom stereocenters. The van der Waals surface area contributed by atoms with E-state index in [4.69, 9.17) is 0 Å². The van der Waals surface area contributed by atoms with Gasteiger partial charge in [-0.15, -0.1) is 0 Å². The standard InChI is InChI=1S/C14H21BrN2/c1-3-14(6-4-5-7-14)10-17-13-12(15)8-11(2)9-16-13/h8-9H,3-7,10H2,1-2H3,(H,16,17). The zero-order valence-electron chi connectivity index (χ0n) is 10.7. The number of aromatic nitrogens is 1. The summed E-state index contributed by atoms with van der Waals surface area (Å²) in [5.74, 6) is 0.982. The van der Waals surface area contributed by atoms with Crippen LogP contribution in [0.1, 0.15) is 44.6 Å². The van der Waals surface area contributed by atoms with Crippen molar-refractivity contribution in [1.29, 1.82) is 0 Å². The van der Waals surface area contributed by atoms with Crippen LogP contribution in [-0.4, -0.2) is 11.5 Å². The van der Waals surface area contributed by atoms with Crippen LogP contribution < -0.4 is 5.32 Å². The van der Waals surface area contributed by atoms with Gasteiger partial charge < -0.3 is 5.32 Å². The number of rotatable bonds is 4. The fraction of sp³-hybridized carbons (Fsp3) is 0.643. The van der Waals surface area contributed by atoms with E-state index in [2.05, 4.69) is 46.1 Å². The topological polar surface area (TPSA) is 24.9 Å². The molecule has 0 amide bonds. The minimum atomic E-state index is 0.506. The number of hydrogen-bond donors (Lipinski definition) is 1. The Morgan fingerprint density at radius 2 is 2.12 bits per heavy atom. The van der Waals surface area contributed by atoms with E-state index in [-0.39, 0.29) is 0 Å². The molecule has 1 saturated carbocycles. The summed E-state index contributed by atoms with van der Waals surface area (Å²) in [5.41, 5.74) is 1.69. The van der Waals surface area contributed by atoms with Crippen molar-refractivity contribution in [3.05, 3.63) is 22.3 Å². The van der Waals surface area contributed by atoms with E-state index in [1.54, 1.807) is 0 Å². The maximum Gasteiger partial charge on any atom is 0.140 e. The van der Waals surface area contributed by atoms with Crippen molar-refractivity contribution < 1.29 is 0 Å². The molecule has 0 radical (unpaired) electrons. The van der Waals surface area contributed by atoms with Crippen LogP contribution in [-0.2, 0) is 0 Å². The molecule has 1 N–H and O–H groups in total. The molecule has 3 heteroatoms. The van der Waals surface area contributed by atoms with Gasteiger partial charge in [0.2, 0.25) is 0 Å². The third-order valence-electron chi connectivity index (χ3n) is 4.02. The molecule has 1 aliphatic carbocycles. The molecule has 1 aromatic heterocycles. The molecule has 2 nitrogen and oxygen atoms in total. The first-order valence-corrected chi connectivity index (χ1v) is 7.30. The Morgan fingerprint density at radius 3 is 2.71 bits per heavy atom. The predicted octanol–water partition coefficient (Wildman–Crippen LogP) is 4.53. The molecule has 1 fully saturated rings. The molecule has 0 spiro atoms. The van der Waals surface area contributed by atoms with Crippen LogP contribution >= 0.6 is 15.9 Å². The fourth-order valence-electron chi connectivity index (χ4n) is 2.72. The Hall–Kier alpha value is -0.570. The van der Waals surface area contributed by atoms with Gasteiger partial charge in [-0.2, -0.15) is 0 Å². The first-order valence-electron chi connectivity index (χ1n) is 6.51. The Bertz CT molecular complexity index is 384. The van der Waals surface area contributed by atoms with E-state index in [1.807, 2.05) is 6.20 Å². The second-order valence-electron chi connectivity index (χ2n) is 5.26. The number of nitrogens with one attached hydrogen (secondary N) is 1. The molecule has 0 bridgehead atoms. The maximum atomic E-state index is 4.45. The normalized spacial score (nSPS) is 18.3. The Morgan fingerprint density at radius 1 is 1.41 bits per heavy atom. The highest BCUT2D eigenvalue weighted by Gasteiger charge is 2.31. The molecule has 1 aliphatic rings. The maximum absolute atomic E-state index is 4.45. The molecule has 0 saturated heterocycles. The van der Waals surface area contributed by atoms with E-state index in [1.165, 1.54) is 37.7 Å². The average molecular weight is 297 g/mol. The van der Waals surface area contributed by atoms with Crippen molar-refractivity contribution in [2.24, 2.45) is 5.41 Å². The summed E-state index contributed by atoms with van der Waals surface area (Å²) in [4.78, 5) is 4.45. The molecule has 0 unspecified atom stereocenters. The number of hydrogen-bond acceptors (Lipinski definition) is 2. The van der Waals surface area contributed by atoms with Crippen molar-refractivity contribution in [1.82, 2.24) is 4.98 Å². The number of anilines is 1. The average Bonchev–Trinajstić information content (AvgIpc) is 2.77. The summed E-state index contributed by atoms with van der Waals surface area (Å²) < 4.78 is 1.07. The van der Waals surface area contributed by atoms with Gasteiger partial charge in [0, 0.05) is 12.7 Å². The summed E-state index contributed by atoms with van der Waals surface area (Å²) in [6.07, 6.45) is 8.68. The van der Waals surface area contributed by atoms with Crippen LogP contribution in [0.4, 0.5) is 5.82 Å². The van der Waals surface area contributed by atoms with Crippen LogP contribution in [0.25, 0.3) is 0 Å². The lowest BCUT2D eigenvalue weighted by atomic mass is 9.83. The highest BCUT2D eigenvalue weighted by Crippen LogP contribution is 2.41. The van der Waals surface area contributed by atoms with Gasteiger partial charge in [-0.1, -0.05) is 19.8 Å². The Kier molecular flexibility index (Phi) is 4.08. The van der Waals surface area contributed by atoms with Gasteiger partial charge in [0.05, 0.1) is 4.47 Å². The quantitative estimate of drug-likeness (QED) is 0.883. The lowest BCUT2D eigenvalue weighted by molar-refractivity contribution is 0.306. The predicted molar refractivity (Wildman–Crippen MR) is 76.4 cm³/mol. The third-order valence-corrected chi connectivity index (χ3v) is 4.63. The van der Waals surface area contributed by atoms with E-state index in [0.717, 1.165) is 16.8 Å². The summed E-state index contributed by atoms with van der Waals surface area (Å²) in [6, 6.07) is 2.11. The number of pyridine rings is 1. The number of halogens is 1. The number of aryl methyl sites for hydroxylation is 1. The van der Waals surface area contributed by atoms with Crippen LogP contribution in [0.5, 0.6) is 0 Å². The molecule has 1 heterocycles. The molecule has 0 aliphatic heterocycles. The van der Waals surface area contributed by atoms with Gasteiger partial charge in [-0.3, -0.25) is 0 Å². The van der Waals surface area contributed by atoms with Crippen LogP contribution in [0.15, 0.2) is 16.7 Å². The smallest absolute Gasteiger partial charge is 0.140 e. The van der Waals surface area contributed by atoms with E-state index < -0.39 is 0 Å². The minimum Gasteiger partial charge on any atom is -0.369 e. The lowest BCUT2D eigenvalue weighted by Crippen LogP contribution is -2.26. The Balaban J connectivity index is 2.01. The van der Waals surface area contributed by atoms with Crippen molar-refractivity contribution in [2.45, 2.75) is 46.0 Å². The SMILES string of the molecule is CCC1(CNc2ncc(C)cc2Br)CCCC1. The van der Waals surface area contributed by atoms with Crippen molar-refractivity contribution >= 4 is 21.7 Å². The zero-order valence-corrected chi connectivity index (χ0v) is 12.3. The van der Waals surface area contributed by atoms with Crippen molar-refractivity contribution in [3.63, 3.8) is 0 Å². The van der Waals surface area contributed by atoms with Gasteiger partial charge in [-0.25, -0.2) is 4.98 Å². The summed E-state index contributed by atoms with van der Waals surface area (Å²) >= 11 is 3.57. The van der Waals surface area contributed by atoms with Crippen molar-refractivity contribution in [3.8, 4) is 0 Å². The van der Waals surface area contributed by atoms with Crippen molar-refractivity contribution in [2.75, 3.05) is 11.9 Å². The third kappa shape index (κ3) is 3.01. The minimum absolute atomic E-state index is 0.506.